The predicted octanol–water partition coefficient (Wildman–Crippen LogP) is 0.152. The predicted molar refractivity (Wildman–Crippen MR) is 94.1 cm³/mol. The van der Waals surface area contributed by atoms with Crippen molar-refractivity contribution in [3.8, 4) is 0 Å². The van der Waals surface area contributed by atoms with E-state index in [1.807, 2.05) is 0 Å². The molecule has 2 aliphatic rings. The van der Waals surface area contributed by atoms with Crippen molar-refractivity contribution in [3.63, 3.8) is 0 Å². The maximum atomic E-state index is 12.3. The molecule has 2 fully saturated rings. The third kappa shape index (κ3) is 5.26. The van der Waals surface area contributed by atoms with Gasteiger partial charge in [-0.15, -0.1) is 0 Å². The summed E-state index contributed by atoms with van der Waals surface area (Å²) in [6.45, 7) is 0.799. The van der Waals surface area contributed by atoms with Gasteiger partial charge in [-0.25, -0.2) is 13.1 Å². The van der Waals surface area contributed by atoms with Crippen molar-refractivity contribution in [2.45, 2.75) is 42.7 Å². The summed E-state index contributed by atoms with van der Waals surface area (Å²) in [6, 6.07) is 5.84. The fraction of sp³-hybridized carbons (Fsp3) is 0.529. The minimum atomic E-state index is -3.65. The monoisotopic (exact) mass is 381 g/mol. The highest BCUT2D eigenvalue weighted by atomic mass is 32.2. The largest absolute Gasteiger partial charge is 0.377 e. The van der Waals surface area contributed by atoms with Crippen molar-refractivity contribution in [2.75, 3.05) is 19.7 Å². The number of carbonyl (C=O) groups excluding carboxylic acids is 2. The Balaban J connectivity index is 1.51. The molecule has 8 nitrogen and oxygen atoms in total. The summed E-state index contributed by atoms with van der Waals surface area (Å²) < 4.78 is 32.5. The molecule has 1 atom stereocenters. The SMILES string of the molecule is O=C(CNC(=O)c1ccc(S(=O)(=O)NC[C@@H]2CCCO2)cc1)NC1CC1. The van der Waals surface area contributed by atoms with E-state index in [4.69, 9.17) is 4.74 Å². The molecule has 2 amide bonds. The first-order chi connectivity index (χ1) is 12.4. The minimum absolute atomic E-state index is 0.0820. The lowest BCUT2D eigenvalue weighted by Crippen LogP contribution is -2.37. The Morgan fingerprint density at radius 3 is 2.46 bits per heavy atom. The van der Waals surface area contributed by atoms with E-state index in [1.54, 1.807) is 0 Å². The van der Waals surface area contributed by atoms with Crippen LogP contribution >= 0.6 is 0 Å². The van der Waals surface area contributed by atoms with Gasteiger partial charge in [-0.05, 0) is 49.9 Å². The van der Waals surface area contributed by atoms with Crippen molar-refractivity contribution in [2.24, 2.45) is 0 Å². The first kappa shape index (κ1) is 18.8. The summed E-state index contributed by atoms with van der Waals surface area (Å²) in [4.78, 5) is 23.7. The minimum Gasteiger partial charge on any atom is -0.377 e. The van der Waals surface area contributed by atoms with Crippen LogP contribution in [-0.2, 0) is 19.6 Å². The summed E-state index contributed by atoms with van der Waals surface area (Å²) in [6.07, 6.45) is 3.66. The smallest absolute Gasteiger partial charge is 0.251 e. The average Bonchev–Trinajstić information content (AvgIpc) is 3.28. The Labute approximate surface area is 152 Å². The Morgan fingerprint density at radius 1 is 1.12 bits per heavy atom. The molecule has 26 heavy (non-hydrogen) atoms. The average molecular weight is 381 g/mol. The van der Waals surface area contributed by atoms with Gasteiger partial charge in [0.2, 0.25) is 15.9 Å². The molecule has 0 radical (unpaired) electrons. The number of benzene rings is 1. The quantitative estimate of drug-likeness (QED) is 0.593. The number of ether oxygens (including phenoxy) is 1. The van der Waals surface area contributed by atoms with Crippen LogP contribution in [0.15, 0.2) is 29.2 Å². The summed E-state index contributed by atoms with van der Waals surface area (Å²) in [5, 5.41) is 5.30. The summed E-state index contributed by atoms with van der Waals surface area (Å²) >= 11 is 0. The molecule has 0 bridgehead atoms. The molecule has 0 spiro atoms. The fourth-order valence-electron chi connectivity index (χ4n) is 2.65. The first-order valence-corrected chi connectivity index (χ1v) is 10.2. The lowest BCUT2D eigenvalue weighted by atomic mass is 10.2. The van der Waals surface area contributed by atoms with Crippen molar-refractivity contribution >= 4 is 21.8 Å². The molecule has 1 aliphatic carbocycles. The molecular formula is C17H23N3O5S. The van der Waals surface area contributed by atoms with E-state index < -0.39 is 15.9 Å². The van der Waals surface area contributed by atoms with Crippen molar-refractivity contribution in [1.82, 2.24) is 15.4 Å². The zero-order valence-corrected chi connectivity index (χ0v) is 15.2. The van der Waals surface area contributed by atoms with Gasteiger partial charge < -0.3 is 15.4 Å². The normalized spacial score (nSPS) is 19.9. The summed E-state index contributed by atoms with van der Waals surface area (Å²) in [5.41, 5.74) is 0.294. The van der Waals surface area contributed by atoms with E-state index in [1.165, 1.54) is 24.3 Å². The van der Waals surface area contributed by atoms with Gasteiger partial charge in [-0.1, -0.05) is 0 Å². The highest BCUT2D eigenvalue weighted by Crippen LogP contribution is 2.18. The van der Waals surface area contributed by atoms with E-state index in [-0.39, 0.29) is 36.0 Å². The Morgan fingerprint density at radius 2 is 1.85 bits per heavy atom. The van der Waals surface area contributed by atoms with Gasteiger partial charge in [0.1, 0.15) is 0 Å². The van der Waals surface area contributed by atoms with Gasteiger partial charge >= 0.3 is 0 Å². The van der Waals surface area contributed by atoms with E-state index in [9.17, 15) is 18.0 Å². The Bertz CT molecular complexity index is 753. The van der Waals surface area contributed by atoms with Crippen LogP contribution in [0, 0.1) is 0 Å². The van der Waals surface area contributed by atoms with Gasteiger partial charge in [0.05, 0.1) is 17.5 Å². The molecule has 9 heteroatoms. The first-order valence-electron chi connectivity index (χ1n) is 8.73. The molecule has 1 aromatic rings. The fourth-order valence-corrected chi connectivity index (χ4v) is 3.71. The lowest BCUT2D eigenvalue weighted by Gasteiger charge is -2.11. The van der Waals surface area contributed by atoms with E-state index >= 15 is 0 Å². The number of amides is 2. The summed E-state index contributed by atoms with van der Waals surface area (Å²) in [7, 11) is -3.65. The Kier molecular flexibility index (Phi) is 5.90. The van der Waals surface area contributed by atoms with Crippen LogP contribution < -0.4 is 15.4 Å². The highest BCUT2D eigenvalue weighted by Gasteiger charge is 2.23. The third-order valence-electron chi connectivity index (χ3n) is 4.30. The molecule has 1 heterocycles. The molecular weight excluding hydrogens is 358 g/mol. The second-order valence-corrected chi connectivity index (χ2v) is 8.30. The zero-order chi connectivity index (χ0) is 18.6. The van der Waals surface area contributed by atoms with Crippen LogP contribution in [0.5, 0.6) is 0 Å². The van der Waals surface area contributed by atoms with Crippen LogP contribution in [0.1, 0.15) is 36.0 Å². The number of sulfonamides is 1. The molecule has 1 aliphatic heterocycles. The van der Waals surface area contributed by atoms with Crippen LogP contribution in [0.25, 0.3) is 0 Å². The molecule has 0 aromatic heterocycles. The van der Waals surface area contributed by atoms with Crippen LogP contribution in [0.3, 0.4) is 0 Å². The van der Waals surface area contributed by atoms with E-state index in [0.29, 0.717) is 12.2 Å². The van der Waals surface area contributed by atoms with Gasteiger partial charge in [-0.3, -0.25) is 9.59 Å². The molecule has 0 unspecified atom stereocenters. The highest BCUT2D eigenvalue weighted by molar-refractivity contribution is 7.89. The number of nitrogens with one attached hydrogen (secondary N) is 3. The van der Waals surface area contributed by atoms with Crippen molar-refractivity contribution in [1.29, 1.82) is 0 Å². The third-order valence-corrected chi connectivity index (χ3v) is 5.74. The summed E-state index contributed by atoms with van der Waals surface area (Å²) in [5.74, 6) is -0.648. The topological polar surface area (TPSA) is 114 Å². The zero-order valence-electron chi connectivity index (χ0n) is 14.4. The molecule has 142 valence electrons. The van der Waals surface area contributed by atoms with Crippen LogP contribution in [0.4, 0.5) is 0 Å². The van der Waals surface area contributed by atoms with Crippen molar-refractivity contribution in [3.05, 3.63) is 29.8 Å². The lowest BCUT2D eigenvalue weighted by molar-refractivity contribution is -0.120. The number of carbonyl (C=O) groups is 2. The van der Waals surface area contributed by atoms with Gasteiger partial charge in [-0.2, -0.15) is 0 Å². The molecule has 1 aromatic carbocycles. The number of hydrogen-bond donors (Lipinski definition) is 3. The van der Waals surface area contributed by atoms with Crippen LogP contribution in [0.2, 0.25) is 0 Å². The maximum absolute atomic E-state index is 12.3. The maximum Gasteiger partial charge on any atom is 0.251 e. The van der Waals surface area contributed by atoms with Crippen molar-refractivity contribution < 1.29 is 22.7 Å². The second kappa shape index (κ2) is 8.15. The molecule has 3 N–H and O–H groups in total. The van der Waals surface area contributed by atoms with E-state index in [2.05, 4.69) is 15.4 Å². The molecule has 3 rings (SSSR count). The van der Waals surface area contributed by atoms with E-state index in [0.717, 1.165) is 25.7 Å². The molecule has 1 saturated heterocycles. The standard InChI is InChI=1S/C17H23N3O5S/c21-16(20-13-5-6-13)11-18-17(22)12-3-7-15(8-4-12)26(23,24)19-10-14-2-1-9-25-14/h3-4,7-8,13-14,19H,1-2,5-6,9-11H2,(H,18,22)(H,20,21)/t14-/m0/s1. The Hall–Kier alpha value is -1.97. The van der Waals surface area contributed by atoms with Gasteiger partial charge in [0.25, 0.3) is 5.91 Å². The number of rotatable bonds is 8. The second-order valence-electron chi connectivity index (χ2n) is 6.54. The van der Waals surface area contributed by atoms with Gasteiger partial charge in [0.15, 0.2) is 0 Å². The van der Waals surface area contributed by atoms with Gasteiger partial charge in [0, 0.05) is 24.8 Å². The van der Waals surface area contributed by atoms with Crippen LogP contribution in [-0.4, -0.2) is 52.1 Å². The molecule has 1 saturated carbocycles. The number of hydrogen-bond acceptors (Lipinski definition) is 5.